The zero-order valence-electron chi connectivity index (χ0n) is 18.8. The second-order valence-corrected chi connectivity index (χ2v) is 9.08. The molecule has 1 atom stereocenters. The number of nitrogens with one attached hydrogen (secondary N) is 1. The van der Waals surface area contributed by atoms with Crippen molar-refractivity contribution < 1.29 is 27.4 Å². The summed E-state index contributed by atoms with van der Waals surface area (Å²) in [6.07, 6.45) is -0.318. The van der Waals surface area contributed by atoms with Gasteiger partial charge in [-0.25, -0.2) is 0 Å². The first kappa shape index (κ1) is 23.8. The molecule has 5 rings (SSSR count). The minimum Gasteiger partial charge on any atom is -0.485 e. The van der Waals surface area contributed by atoms with Crippen LogP contribution >= 0.6 is 11.3 Å². The van der Waals surface area contributed by atoms with E-state index < -0.39 is 22.7 Å². The van der Waals surface area contributed by atoms with E-state index in [1.165, 1.54) is 12.4 Å². The van der Waals surface area contributed by atoms with Gasteiger partial charge in [0.05, 0.1) is 0 Å². The average molecular weight is 512 g/mol. The minimum atomic E-state index is -4.81. The number of alkyl halides is 3. The Labute approximate surface area is 208 Å². The first-order chi connectivity index (χ1) is 17.4. The van der Waals surface area contributed by atoms with Gasteiger partial charge in [-0.05, 0) is 59.9 Å². The number of thiazole rings is 1. The van der Waals surface area contributed by atoms with Crippen LogP contribution in [0.5, 0.6) is 16.7 Å². The highest BCUT2D eigenvalue weighted by molar-refractivity contribution is 7.15. The van der Waals surface area contributed by atoms with E-state index in [2.05, 4.69) is 15.3 Å². The summed E-state index contributed by atoms with van der Waals surface area (Å²) in [5.41, 5.74) is 1.41. The molecule has 0 spiro atoms. The molecule has 3 heterocycles. The Morgan fingerprint density at radius 2 is 1.89 bits per heavy atom. The van der Waals surface area contributed by atoms with E-state index in [0.29, 0.717) is 28.4 Å². The van der Waals surface area contributed by atoms with Gasteiger partial charge in [-0.3, -0.25) is 9.78 Å². The van der Waals surface area contributed by atoms with Crippen molar-refractivity contribution in [1.82, 2.24) is 15.3 Å². The summed E-state index contributed by atoms with van der Waals surface area (Å²) in [5, 5.41) is 2.23. The second-order valence-electron chi connectivity index (χ2n) is 8.12. The summed E-state index contributed by atoms with van der Waals surface area (Å²) in [6.45, 7) is 0.0571. The molecule has 0 bridgehead atoms. The van der Waals surface area contributed by atoms with Crippen molar-refractivity contribution in [2.75, 3.05) is 0 Å². The second kappa shape index (κ2) is 9.98. The largest absolute Gasteiger partial charge is 0.485 e. The lowest BCUT2D eigenvalue weighted by atomic mass is 9.97. The van der Waals surface area contributed by atoms with Crippen molar-refractivity contribution in [2.24, 2.45) is 0 Å². The van der Waals surface area contributed by atoms with Crippen molar-refractivity contribution in [3.8, 4) is 16.7 Å². The molecule has 1 N–H and O–H groups in total. The van der Waals surface area contributed by atoms with E-state index in [-0.39, 0.29) is 17.8 Å². The summed E-state index contributed by atoms with van der Waals surface area (Å²) in [7, 11) is 0. The fourth-order valence-corrected chi connectivity index (χ4v) is 4.76. The van der Waals surface area contributed by atoms with Gasteiger partial charge in [0.2, 0.25) is 0 Å². The summed E-state index contributed by atoms with van der Waals surface area (Å²) in [5.74, 6) is 0.146. The molecule has 4 aromatic rings. The molecule has 2 aromatic carbocycles. The zero-order valence-corrected chi connectivity index (χ0v) is 19.6. The molecule has 1 unspecified atom stereocenters. The predicted octanol–water partition coefficient (Wildman–Crippen LogP) is 6.35. The smallest absolute Gasteiger partial charge is 0.435 e. The first-order valence-corrected chi connectivity index (χ1v) is 12.0. The molecule has 1 aliphatic rings. The maximum Gasteiger partial charge on any atom is 0.435 e. The number of rotatable bonds is 6. The highest BCUT2D eigenvalue weighted by Crippen LogP contribution is 2.41. The standard InChI is InChI=1S/C26H20F3N3O3S/c27-26(28,29)23-22(24(33)31-15-16-10-12-30-13-11-16)36-25(32-23)34-19-7-9-21-18(14-19)6-8-20(35-21)17-4-2-1-3-5-17/h1-5,7,9-14,20H,6,8,15H2,(H,31,33). The van der Waals surface area contributed by atoms with Crippen LogP contribution in [0.15, 0.2) is 73.1 Å². The van der Waals surface area contributed by atoms with Gasteiger partial charge in [0.25, 0.3) is 11.1 Å². The van der Waals surface area contributed by atoms with Crippen LogP contribution in [0.2, 0.25) is 0 Å². The molecular weight excluding hydrogens is 491 g/mol. The SMILES string of the molecule is O=C(NCc1ccncc1)c1sc(Oc2ccc3c(c2)CCC(c2ccccc2)O3)nc1C(F)(F)F. The molecule has 0 saturated carbocycles. The van der Waals surface area contributed by atoms with Crippen LogP contribution in [0, 0.1) is 0 Å². The van der Waals surface area contributed by atoms with E-state index in [4.69, 9.17) is 9.47 Å². The molecule has 1 amide bonds. The lowest BCUT2D eigenvalue weighted by Crippen LogP contribution is -2.24. The Bertz CT molecular complexity index is 1360. The van der Waals surface area contributed by atoms with Gasteiger partial charge in [-0.1, -0.05) is 41.7 Å². The van der Waals surface area contributed by atoms with Gasteiger partial charge in [-0.2, -0.15) is 18.2 Å². The van der Waals surface area contributed by atoms with Crippen LogP contribution in [-0.2, 0) is 19.1 Å². The fraction of sp³-hybridized carbons (Fsp3) is 0.192. The Balaban J connectivity index is 1.32. The predicted molar refractivity (Wildman–Crippen MR) is 127 cm³/mol. The van der Waals surface area contributed by atoms with Crippen LogP contribution in [0.25, 0.3) is 0 Å². The molecule has 36 heavy (non-hydrogen) atoms. The number of carbonyl (C=O) groups is 1. The van der Waals surface area contributed by atoms with E-state index in [0.717, 1.165) is 24.0 Å². The van der Waals surface area contributed by atoms with Crippen molar-refractivity contribution in [2.45, 2.75) is 31.7 Å². The van der Waals surface area contributed by atoms with Gasteiger partial charge in [0.1, 0.15) is 22.5 Å². The van der Waals surface area contributed by atoms with Gasteiger partial charge < -0.3 is 14.8 Å². The van der Waals surface area contributed by atoms with Crippen LogP contribution in [-0.4, -0.2) is 15.9 Å². The zero-order chi connectivity index (χ0) is 25.1. The number of pyridine rings is 1. The number of carbonyl (C=O) groups excluding carboxylic acids is 1. The number of hydrogen-bond donors (Lipinski definition) is 1. The van der Waals surface area contributed by atoms with Crippen molar-refractivity contribution in [3.63, 3.8) is 0 Å². The van der Waals surface area contributed by atoms with E-state index in [9.17, 15) is 18.0 Å². The Hall–Kier alpha value is -3.92. The highest BCUT2D eigenvalue weighted by atomic mass is 32.1. The van der Waals surface area contributed by atoms with Crippen molar-refractivity contribution >= 4 is 17.2 Å². The molecule has 184 valence electrons. The maximum atomic E-state index is 13.6. The lowest BCUT2D eigenvalue weighted by molar-refractivity contribution is -0.141. The molecule has 2 aromatic heterocycles. The van der Waals surface area contributed by atoms with Crippen LogP contribution in [0.4, 0.5) is 13.2 Å². The Morgan fingerprint density at radius 3 is 2.64 bits per heavy atom. The van der Waals surface area contributed by atoms with Crippen LogP contribution in [0.3, 0.4) is 0 Å². The quantitative estimate of drug-likeness (QED) is 0.327. The van der Waals surface area contributed by atoms with Gasteiger partial charge >= 0.3 is 6.18 Å². The molecular formula is C26H20F3N3O3S. The third-order valence-corrected chi connectivity index (χ3v) is 6.57. The molecule has 0 fully saturated rings. The van der Waals surface area contributed by atoms with Crippen LogP contribution < -0.4 is 14.8 Å². The fourth-order valence-electron chi connectivity index (χ4n) is 3.89. The normalized spacial score (nSPS) is 15.0. The number of aryl methyl sites for hydroxylation is 1. The molecule has 6 nitrogen and oxygen atoms in total. The number of aromatic nitrogens is 2. The lowest BCUT2D eigenvalue weighted by Gasteiger charge is -2.26. The van der Waals surface area contributed by atoms with E-state index in [1.54, 1.807) is 30.3 Å². The first-order valence-electron chi connectivity index (χ1n) is 11.1. The highest BCUT2D eigenvalue weighted by Gasteiger charge is 2.40. The number of hydrogen-bond acceptors (Lipinski definition) is 6. The van der Waals surface area contributed by atoms with Gasteiger partial charge in [-0.15, -0.1) is 0 Å². The monoisotopic (exact) mass is 511 g/mol. The number of amides is 1. The van der Waals surface area contributed by atoms with Crippen molar-refractivity contribution in [1.29, 1.82) is 0 Å². The third-order valence-electron chi connectivity index (χ3n) is 5.64. The number of nitrogens with zero attached hydrogens (tertiary/aromatic N) is 2. The van der Waals surface area contributed by atoms with E-state index in [1.807, 2.05) is 30.3 Å². The summed E-state index contributed by atoms with van der Waals surface area (Å²) in [6, 6.07) is 18.3. The summed E-state index contributed by atoms with van der Waals surface area (Å²) < 4.78 is 52.6. The Kier molecular flexibility index (Phi) is 6.60. The Morgan fingerprint density at radius 1 is 1.11 bits per heavy atom. The summed E-state index contributed by atoms with van der Waals surface area (Å²) in [4.78, 5) is 19.5. The molecule has 1 aliphatic heterocycles. The van der Waals surface area contributed by atoms with Crippen molar-refractivity contribution in [3.05, 3.63) is 100 Å². The van der Waals surface area contributed by atoms with Crippen LogP contribution in [0.1, 0.15) is 44.6 Å². The maximum absolute atomic E-state index is 13.6. The molecule has 0 saturated heterocycles. The number of fused-ring (bicyclic) bond motifs is 1. The molecule has 0 aliphatic carbocycles. The summed E-state index contributed by atoms with van der Waals surface area (Å²) >= 11 is 0.551. The average Bonchev–Trinajstić information content (AvgIpc) is 3.33. The molecule has 10 heteroatoms. The van der Waals surface area contributed by atoms with Gasteiger partial charge in [0, 0.05) is 18.9 Å². The molecule has 0 radical (unpaired) electrons. The minimum absolute atomic E-state index is 0.0571. The van der Waals surface area contributed by atoms with E-state index >= 15 is 0 Å². The topological polar surface area (TPSA) is 73.3 Å². The third kappa shape index (κ3) is 5.33. The number of ether oxygens (including phenoxy) is 2. The number of halogens is 3. The number of benzene rings is 2. The van der Waals surface area contributed by atoms with Gasteiger partial charge in [0.15, 0.2) is 5.69 Å².